The van der Waals surface area contributed by atoms with Gasteiger partial charge in [0.2, 0.25) is 5.91 Å². The highest BCUT2D eigenvalue weighted by atomic mass is 19.3. The fourth-order valence-electron chi connectivity index (χ4n) is 3.39. The van der Waals surface area contributed by atoms with Crippen LogP contribution in [0.4, 0.5) is 17.6 Å². The lowest BCUT2D eigenvalue weighted by molar-refractivity contribution is -0.207. The minimum Gasteiger partial charge on any atom is -0.456 e. The summed E-state index contributed by atoms with van der Waals surface area (Å²) in [6.45, 7) is -0.908. The summed E-state index contributed by atoms with van der Waals surface area (Å²) in [5.41, 5.74) is 0.469. The number of primary amides is 1. The van der Waals surface area contributed by atoms with Gasteiger partial charge in [0.05, 0.1) is 12.7 Å². The first-order valence-electron chi connectivity index (χ1n) is 10.0. The van der Waals surface area contributed by atoms with Gasteiger partial charge < -0.3 is 15.6 Å². The number of pyridine rings is 1. The second-order valence-electron chi connectivity index (χ2n) is 7.52. The van der Waals surface area contributed by atoms with Crippen LogP contribution in [0, 0.1) is 11.6 Å². The lowest BCUT2D eigenvalue weighted by atomic mass is 9.84. The van der Waals surface area contributed by atoms with E-state index in [1.54, 1.807) is 0 Å². The Balaban J connectivity index is 1.66. The Labute approximate surface area is 195 Å². The predicted octanol–water partition coefficient (Wildman–Crippen LogP) is 3.52. The third kappa shape index (κ3) is 4.68. The highest BCUT2D eigenvalue weighted by Crippen LogP contribution is 2.47. The molecule has 1 atom stereocenters. The Morgan fingerprint density at radius 1 is 1.06 bits per heavy atom. The van der Waals surface area contributed by atoms with Gasteiger partial charge in [-0.15, -0.1) is 0 Å². The number of nitrogens with two attached hydrogens (primary N) is 1. The molecule has 2 aromatic heterocycles. The zero-order chi connectivity index (χ0) is 25.2. The predicted molar refractivity (Wildman–Crippen MR) is 113 cm³/mol. The van der Waals surface area contributed by atoms with Crippen molar-refractivity contribution < 1.29 is 32.2 Å². The zero-order valence-corrected chi connectivity index (χ0v) is 17.8. The molecule has 0 bridgehead atoms. The van der Waals surface area contributed by atoms with Crippen molar-refractivity contribution in [1.29, 1.82) is 0 Å². The summed E-state index contributed by atoms with van der Waals surface area (Å²) in [5.74, 6) is -6.80. The molecule has 0 saturated heterocycles. The SMILES string of the molecule is NC(=O)c1ccc(Oc2ccc(C(F)(F)C(O)(Cn3cncn3)c3ccc(F)cc3F)nc2)cc1. The number of carbonyl (C=O) groups excluding carboxylic acids is 1. The van der Waals surface area contributed by atoms with Crippen molar-refractivity contribution in [2.45, 2.75) is 18.1 Å². The molecule has 1 amide bonds. The Morgan fingerprint density at radius 3 is 2.34 bits per heavy atom. The van der Waals surface area contributed by atoms with E-state index in [1.165, 1.54) is 30.3 Å². The molecule has 4 rings (SSSR count). The van der Waals surface area contributed by atoms with Crippen molar-refractivity contribution in [2.24, 2.45) is 5.73 Å². The smallest absolute Gasteiger partial charge is 0.323 e. The molecule has 2 aromatic carbocycles. The quantitative estimate of drug-likeness (QED) is 0.368. The van der Waals surface area contributed by atoms with E-state index in [0.717, 1.165) is 41.7 Å². The van der Waals surface area contributed by atoms with Crippen molar-refractivity contribution in [1.82, 2.24) is 19.7 Å². The van der Waals surface area contributed by atoms with E-state index in [-0.39, 0.29) is 17.1 Å². The second kappa shape index (κ2) is 9.14. The highest BCUT2D eigenvalue weighted by Gasteiger charge is 2.57. The minimum absolute atomic E-state index is 0.0733. The summed E-state index contributed by atoms with van der Waals surface area (Å²) >= 11 is 0. The van der Waals surface area contributed by atoms with E-state index >= 15 is 8.78 Å². The van der Waals surface area contributed by atoms with Crippen LogP contribution in [0.3, 0.4) is 0 Å². The molecule has 2 heterocycles. The number of nitrogens with zero attached hydrogens (tertiary/aromatic N) is 4. The van der Waals surface area contributed by atoms with Crippen molar-refractivity contribution in [3.8, 4) is 11.5 Å². The molecule has 3 N–H and O–H groups in total. The Hall–Kier alpha value is -4.32. The molecule has 0 aliphatic carbocycles. The van der Waals surface area contributed by atoms with Crippen LogP contribution in [-0.4, -0.2) is 30.8 Å². The standard InChI is InChI=1S/C23H17F4N5O3/c24-15-3-7-18(19(25)9-15)22(34,11-32-13-29-12-31-32)23(26,27)20-8-6-17(10-30-20)35-16-4-1-14(2-5-16)21(28)33/h1-10,12-13,34H,11H2,(H2,28,33). The molecule has 0 aliphatic rings. The van der Waals surface area contributed by atoms with Crippen molar-refractivity contribution in [2.75, 3.05) is 0 Å². The number of ether oxygens (including phenoxy) is 1. The number of hydrogen-bond acceptors (Lipinski definition) is 6. The number of benzene rings is 2. The topological polar surface area (TPSA) is 116 Å². The normalized spacial score (nSPS) is 13.3. The van der Waals surface area contributed by atoms with Crippen LogP contribution in [0.5, 0.6) is 11.5 Å². The average Bonchev–Trinajstić information content (AvgIpc) is 3.32. The van der Waals surface area contributed by atoms with Crippen LogP contribution in [0.15, 0.2) is 73.4 Å². The molecule has 0 spiro atoms. The van der Waals surface area contributed by atoms with Crippen LogP contribution in [0.25, 0.3) is 0 Å². The van der Waals surface area contributed by atoms with Crippen molar-refractivity contribution >= 4 is 5.91 Å². The minimum atomic E-state index is -4.17. The van der Waals surface area contributed by atoms with Gasteiger partial charge in [-0.1, -0.05) is 0 Å². The van der Waals surface area contributed by atoms with Gasteiger partial charge in [-0.25, -0.2) is 18.4 Å². The fourth-order valence-corrected chi connectivity index (χ4v) is 3.39. The van der Waals surface area contributed by atoms with Gasteiger partial charge in [0.15, 0.2) is 5.60 Å². The molecule has 0 fully saturated rings. The van der Waals surface area contributed by atoms with Gasteiger partial charge in [0.25, 0.3) is 0 Å². The summed E-state index contributed by atoms with van der Waals surface area (Å²) in [6.07, 6.45) is 3.11. The first kappa shape index (κ1) is 23.8. The largest absolute Gasteiger partial charge is 0.456 e. The molecular weight excluding hydrogens is 470 g/mol. The summed E-state index contributed by atoms with van der Waals surface area (Å²) in [4.78, 5) is 18.5. The molecule has 0 saturated carbocycles. The van der Waals surface area contributed by atoms with E-state index in [1.807, 2.05) is 0 Å². The number of aliphatic hydroxyl groups is 1. The first-order valence-corrected chi connectivity index (χ1v) is 10.0. The van der Waals surface area contributed by atoms with Crippen LogP contribution in [-0.2, 0) is 18.1 Å². The van der Waals surface area contributed by atoms with Gasteiger partial charge in [-0.3, -0.25) is 9.78 Å². The van der Waals surface area contributed by atoms with E-state index in [2.05, 4.69) is 15.1 Å². The summed E-state index contributed by atoms with van der Waals surface area (Å²) in [7, 11) is 0. The first-order chi connectivity index (χ1) is 16.6. The fraction of sp³-hybridized carbons (Fsp3) is 0.130. The third-order valence-electron chi connectivity index (χ3n) is 5.19. The number of hydrogen-bond donors (Lipinski definition) is 2. The van der Waals surface area contributed by atoms with Gasteiger partial charge in [-0.05, 0) is 48.5 Å². The van der Waals surface area contributed by atoms with E-state index in [9.17, 15) is 18.7 Å². The average molecular weight is 487 g/mol. The molecule has 1 unspecified atom stereocenters. The maximum Gasteiger partial charge on any atom is 0.323 e. The molecule has 8 nitrogen and oxygen atoms in total. The maximum absolute atomic E-state index is 15.7. The number of amides is 1. The van der Waals surface area contributed by atoms with Gasteiger partial charge in [0.1, 0.15) is 41.5 Å². The van der Waals surface area contributed by atoms with Crippen LogP contribution < -0.4 is 10.5 Å². The monoisotopic (exact) mass is 487 g/mol. The van der Waals surface area contributed by atoms with E-state index < -0.39 is 46.9 Å². The zero-order valence-electron chi connectivity index (χ0n) is 17.8. The molecule has 4 aromatic rings. The van der Waals surface area contributed by atoms with Gasteiger partial charge in [0, 0.05) is 17.2 Å². The van der Waals surface area contributed by atoms with Gasteiger partial charge >= 0.3 is 5.92 Å². The van der Waals surface area contributed by atoms with Crippen molar-refractivity contribution in [3.05, 3.63) is 102 Å². The summed E-state index contributed by atoms with van der Waals surface area (Å²) in [6, 6.07) is 9.73. The molecule has 35 heavy (non-hydrogen) atoms. The second-order valence-corrected chi connectivity index (χ2v) is 7.52. The molecule has 0 aliphatic heterocycles. The summed E-state index contributed by atoms with van der Waals surface area (Å²) in [5, 5.41) is 14.9. The van der Waals surface area contributed by atoms with E-state index in [4.69, 9.17) is 10.5 Å². The Morgan fingerprint density at radius 2 is 1.77 bits per heavy atom. The van der Waals surface area contributed by atoms with E-state index in [0.29, 0.717) is 6.07 Å². The Kier molecular flexibility index (Phi) is 6.22. The number of rotatable bonds is 8. The number of carbonyl (C=O) groups is 1. The Bertz CT molecular complexity index is 1330. The number of halogens is 4. The van der Waals surface area contributed by atoms with Gasteiger partial charge in [-0.2, -0.15) is 13.9 Å². The lowest BCUT2D eigenvalue weighted by Gasteiger charge is -2.36. The molecule has 12 heteroatoms. The molecule has 0 radical (unpaired) electrons. The molecular formula is C23H17F4N5O3. The van der Waals surface area contributed by atoms with Crippen LogP contribution >= 0.6 is 0 Å². The third-order valence-corrected chi connectivity index (χ3v) is 5.19. The highest BCUT2D eigenvalue weighted by molar-refractivity contribution is 5.92. The number of alkyl halides is 2. The number of aromatic nitrogens is 4. The van der Waals surface area contributed by atoms with Crippen LogP contribution in [0.1, 0.15) is 21.6 Å². The summed E-state index contributed by atoms with van der Waals surface area (Å²) < 4.78 is 65.8. The molecule has 180 valence electrons. The van der Waals surface area contributed by atoms with Crippen LogP contribution in [0.2, 0.25) is 0 Å². The maximum atomic E-state index is 15.7. The van der Waals surface area contributed by atoms with Crippen molar-refractivity contribution in [3.63, 3.8) is 0 Å². The lowest BCUT2D eigenvalue weighted by Crippen LogP contribution is -2.48.